The molecule has 9 heteroatoms. The summed E-state index contributed by atoms with van der Waals surface area (Å²) in [5, 5.41) is 4.54. The van der Waals surface area contributed by atoms with Crippen LogP contribution in [0.15, 0.2) is 52.4 Å². The van der Waals surface area contributed by atoms with Crippen LogP contribution in [-0.2, 0) is 11.3 Å². The number of aromatic nitrogens is 2. The van der Waals surface area contributed by atoms with E-state index in [0.29, 0.717) is 45.4 Å². The number of nitrogens with zero attached hydrogens (tertiary/aromatic N) is 2. The Balaban J connectivity index is 1.44. The number of hydrogen-bond donors (Lipinski definition) is 1. The second kappa shape index (κ2) is 11.2. The van der Waals surface area contributed by atoms with E-state index in [1.807, 2.05) is 0 Å². The molecule has 1 amide bonds. The van der Waals surface area contributed by atoms with Gasteiger partial charge in [0.05, 0.1) is 29.3 Å². The van der Waals surface area contributed by atoms with Gasteiger partial charge in [-0.25, -0.2) is 4.98 Å². The molecule has 0 spiro atoms. The van der Waals surface area contributed by atoms with Crippen molar-refractivity contribution in [2.45, 2.75) is 62.4 Å². The molecule has 7 nitrogen and oxygen atoms in total. The minimum atomic E-state index is -0.195. The molecule has 36 heavy (non-hydrogen) atoms. The van der Waals surface area contributed by atoms with Crippen LogP contribution >= 0.6 is 23.4 Å². The first-order valence-corrected chi connectivity index (χ1v) is 13.7. The Labute approximate surface area is 218 Å². The Morgan fingerprint density at radius 2 is 1.81 bits per heavy atom. The molecule has 1 aromatic heterocycles. The zero-order chi connectivity index (χ0) is 25.1. The van der Waals surface area contributed by atoms with Crippen molar-refractivity contribution in [3.63, 3.8) is 0 Å². The molecule has 188 valence electrons. The molecule has 1 N–H and O–H groups in total. The summed E-state index contributed by atoms with van der Waals surface area (Å²) >= 11 is 7.16. The fraction of sp³-hybridized carbons (Fsp3) is 0.407. The third kappa shape index (κ3) is 5.66. The Hall–Kier alpha value is -2.68. The molecule has 1 aliphatic carbocycles. The summed E-state index contributed by atoms with van der Waals surface area (Å²) in [7, 11) is 0. The summed E-state index contributed by atoms with van der Waals surface area (Å²) in [5.74, 6) is -0.118. The molecule has 1 atom stereocenters. The lowest BCUT2D eigenvalue weighted by molar-refractivity contribution is 0.0935. The summed E-state index contributed by atoms with van der Waals surface area (Å²) in [6.07, 6.45) is 6.01. The highest BCUT2D eigenvalue weighted by Gasteiger charge is 2.22. The molecule has 1 saturated carbocycles. The van der Waals surface area contributed by atoms with E-state index in [9.17, 15) is 14.4 Å². The number of amides is 1. The number of ketones is 1. The normalized spacial score (nSPS) is 18.1. The zero-order valence-electron chi connectivity index (χ0n) is 19.9. The Kier molecular flexibility index (Phi) is 7.74. The van der Waals surface area contributed by atoms with Gasteiger partial charge in [0.25, 0.3) is 11.5 Å². The molecule has 1 saturated heterocycles. The summed E-state index contributed by atoms with van der Waals surface area (Å²) in [6, 6.07) is 12.0. The van der Waals surface area contributed by atoms with Gasteiger partial charge in [0.15, 0.2) is 10.9 Å². The monoisotopic (exact) mass is 525 g/mol. The van der Waals surface area contributed by atoms with E-state index in [2.05, 4.69) is 5.32 Å². The van der Waals surface area contributed by atoms with Gasteiger partial charge in [-0.2, -0.15) is 0 Å². The van der Waals surface area contributed by atoms with E-state index in [-0.39, 0.29) is 35.1 Å². The quantitative estimate of drug-likeness (QED) is 0.256. The van der Waals surface area contributed by atoms with Gasteiger partial charge in [0.1, 0.15) is 0 Å². The molecule has 3 aromatic rings. The number of rotatable bonds is 8. The number of nitrogens with one attached hydrogen (secondary N) is 1. The van der Waals surface area contributed by atoms with Gasteiger partial charge < -0.3 is 10.1 Å². The number of carbonyl (C=O) groups excluding carboxylic acids is 2. The smallest absolute Gasteiger partial charge is 0.262 e. The predicted molar refractivity (Wildman–Crippen MR) is 141 cm³/mol. The Bertz CT molecular complexity index is 1330. The maximum Gasteiger partial charge on any atom is 0.262 e. The third-order valence-corrected chi connectivity index (χ3v) is 8.01. The number of Topliss-reactive ketones (excluding diaryl/α,β-unsaturated/α-hetero) is 1. The summed E-state index contributed by atoms with van der Waals surface area (Å²) in [5.41, 5.74) is 1.28. The van der Waals surface area contributed by atoms with E-state index >= 15 is 0 Å². The van der Waals surface area contributed by atoms with Gasteiger partial charge in [-0.05, 0) is 68.1 Å². The summed E-state index contributed by atoms with van der Waals surface area (Å²) in [6.45, 7) is 1.06. The van der Waals surface area contributed by atoms with E-state index in [4.69, 9.17) is 21.3 Å². The van der Waals surface area contributed by atoms with Crippen LogP contribution in [0.25, 0.3) is 10.9 Å². The van der Waals surface area contributed by atoms with Gasteiger partial charge in [0, 0.05) is 28.8 Å². The van der Waals surface area contributed by atoms with Gasteiger partial charge in [-0.15, -0.1) is 0 Å². The molecule has 2 aromatic carbocycles. The van der Waals surface area contributed by atoms with Crippen LogP contribution in [0.3, 0.4) is 0 Å². The van der Waals surface area contributed by atoms with Crippen LogP contribution in [0.1, 0.15) is 59.2 Å². The van der Waals surface area contributed by atoms with Crippen LogP contribution in [0.2, 0.25) is 5.02 Å². The number of ether oxygens (including phenoxy) is 1. The average Bonchev–Trinajstić information content (AvgIpc) is 3.59. The van der Waals surface area contributed by atoms with Crippen molar-refractivity contribution in [3.05, 3.63) is 69.0 Å². The van der Waals surface area contributed by atoms with Crippen LogP contribution in [0, 0.1) is 0 Å². The third-order valence-electron chi connectivity index (χ3n) is 6.78. The number of carbonyl (C=O) groups is 2. The van der Waals surface area contributed by atoms with E-state index < -0.39 is 0 Å². The van der Waals surface area contributed by atoms with Crippen LogP contribution in [-0.4, -0.2) is 45.7 Å². The minimum Gasteiger partial charge on any atom is -0.376 e. The summed E-state index contributed by atoms with van der Waals surface area (Å²) < 4.78 is 7.38. The first-order valence-electron chi connectivity index (χ1n) is 12.4. The largest absolute Gasteiger partial charge is 0.376 e. The zero-order valence-corrected chi connectivity index (χ0v) is 21.4. The Morgan fingerprint density at radius 1 is 1.06 bits per heavy atom. The lowest BCUT2D eigenvalue weighted by Crippen LogP contribution is -2.32. The van der Waals surface area contributed by atoms with Gasteiger partial charge in [0.2, 0.25) is 0 Å². The van der Waals surface area contributed by atoms with E-state index in [0.717, 1.165) is 38.5 Å². The lowest BCUT2D eigenvalue weighted by Gasteiger charge is -2.17. The van der Waals surface area contributed by atoms with Gasteiger partial charge >= 0.3 is 0 Å². The maximum atomic E-state index is 13.5. The number of fused-ring (bicyclic) bond motifs is 1. The van der Waals surface area contributed by atoms with Crippen molar-refractivity contribution in [1.29, 1.82) is 0 Å². The number of hydrogen-bond acceptors (Lipinski definition) is 6. The van der Waals surface area contributed by atoms with Crippen molar-refractivity contribution >= 4 is 46.0 Å². The van der Waals surface area contributed by atoms with Crippen molar-refractivity contribution in [3.8, 4) is 0 Å². The first-order chi connectivity index (χ1) is 17.5. The van der Waals surface area contributed by atoms with E-state index in [1.54, 1.807) is 47.0 Å². The predicted octanol–water partition coefficient (Wildman–Crippen LogP) is 4.88. The summed E-state index contributed by atoms with van der Waals surface area (Å²) in [4.78, 5) is 43.8. The number of halogens is 1. The van der Waals surface area contributed by atoms with Crippen molar-refractivity contribution in [2.24, 2.45) is 0 Å². The fourth-order valence-corrected chi connectivity index (χ4v) is 5.82. The maximum absolute atomic E-state index is 13.5. The molecule has 2 fully saturated rings. The molecule has 5 rings (SSSR count). The fourth-order valence-electron chi connectivity index (χ4n) is 4.79. The molecule has 1 aliphatic heterocycles. The molecular weight excluding hydrogens is 498 g/mol. The highest BCUT2D eigenvalue weighted by Crippen LogP contribution is 2.24. The highest BCUT2D eigenvalue weighted by molar-refractivity contribution is 7.99. The SMILES string of the molecule is O=C(CSc1nc2cc(C(=O)NC3CCCC3)ccc2c(=O)n1CC1CCCO1)c1ccc(Cl)cc1. The average molecular weight is 526 g/mol. The molecule has 1 unspecified atom stereocenters. The molecule has 2 heterocycles. The molecular formula is C27H28ClN3O4S. The van der Waals surface area contributed by atoms with Crippen molar-refractivity contribution in [2.75, 3.05) is 12.4 Å². The number of thioether (sulfide) groups is 1. The minimum absolute atomic E-state index is 0.0651. The topological polar surface area (TPSA) is 90.3 Å². The van der Waals surface area contributed by atoms with Crippen LogP contribution in [0.5, 0.6) is 0 Å². The van der Waals surface area contributed by atoms with Gasteiger partial charge in [-0.1, -0.05) is 36.2 Å². The number of benzene rings is 2. The van der Waals surface area contributed by atoms with Crippen LogP contribution < -0.4 is 10.9 Å². The molecule has 0 bridgehead atoms. The lowest BCUT2D eigenvalue weighted by atomic mass is 10.1. The van der Waals surface area contributed by atoms with E-state index in [1.165, 1.54) is 11.8 Å². The van der Waals surface area contributed by atoms with Crippen molar-refractivity contribution in [1.82, 2.24) is 14.9 Å². The van der Waals surface area contributed by atoms with Crippen molar-refractivity contribution < 1.29 is 14.3 Å². The van der Waals surface area contributed by atoms with Crippen LogP contribution in [0.4, 0.5) is 0 Å². The molecule has 2 aliphatic rings. The first kappa shape index (κ1) is 25.0. The molecule has 0 radical (unpaired) electrons. The second-order valence-corrected chi connectivity index (χ2v) is 10.7. The highest BCUT2D eigenvalue weighted by atomic mass is 35.5. The second-order valence-electron chi connectivity index (χ2n) is 9.35. The Morgan fingerprint density at radius 3 is 2.53 bits per heavy atom. The van der Waals surface area contributed by atoms with Gasteiger partial charge in [-0.3, -0.25) is 19.0 Å². The standard InChI is InChI=1S/C27H28ClN3O4S/c28-19-10-7-17(8-11-19)24(32)16-36-27-30-23-14-18(25(33)29-20-4-1-2-5-20)9-12-22(23)26(34)31(27)15-21-6-3-13-35-21/h7-12,14,20-21H,1-6,13,15-16H2,(H,29,33).